The van der Waals surface area contributed by atoms with Gasteiger partial charge in [0.2, 0.25) is 0 Å². The zero-order valence-corrected chi connectivity index (χ0v) is 14.4. The summed E-state index contributed by atoms with van der Waals surface area (Å²) in [4.78, 5) is 10.5. The summed E-state index contributed by atoms with van der Waals surface area (Å²) in [6.07, 6.45) is 3.77. The van der Waals surface area contributed by atoms with Gasteiger partial charge in [0.05, 0.1) is 11.8 Å². The molecule has 1 unspecified atom stereocenters. The van der Waals surface area contributed by atoms with Crippen molar-refractivity contribution in [3.8, 4) is 0 Å². The molecule has 1 fully saturated rings. The molecule has 3 aromatic rings. The van der Waals surface area contributed by atoms with Crippen LogP contribution in [0.1, 0.15) is 17.4 Å². The van der Waals surface area contributed by atoms with E-state index in [9.17, 15) is 5.11 Å². The van der Waals surface area contributed by atoms with E-state index in [1.807, 2.05) is 30.3 Å². The molecule has 5 nitrogen and oxygen atoms in total. The Morgan fingerprint density at radius 3 is 2.58 bits per heavy atom. The Hall–Kier alpha value is -1.73. The molecular weight excluding hydrogens is 320 g/mol. The summed E-state index contributed by atoms with van der Waals surface area (Å²) in [6.45, 7) is 5.64. The highest BCUT2D eigenvalue weighted by atomic mass is 32.1. The van der Waals surface area contributed by atoms with Crippen molar-refractivity contribution in [3.05, 3.63) is 59.4 Å². The normalized spacial score (nSPS) is 18.2. The molecule has 1 N–H and O–H groups in total. The van der Waals surface area contributed by atoms with Gasteiger partial charge in [-0.2, -0.15) is 0 Å². The molecule has 126 valence electrons. The lowest BCUT2D eigenvalue weighted by Crippen LogP contribution is -2.47. The number of aliphatic hydroxyl groups is 1. The van der Waals surface area contributed by atoms with Crippen molar-refractivity contribution in [2.75, 3.05) is 32.7 Å². The molecule has 2 aromatic heterocycles. The topological polar surface area (TPSA) is 44.0 Å². The molecule has 0 aliphatic carbocycles. The van der Waals surface area contributed by atoms with Gasteiger partial charge in [0, 0.05) is 57.0 Å². The molecule has 0 amide bonds. The number of thiazole rings is 1. The minimum atomic E-state index is -0.405. The number of benzene rings is 1. The average molecular weight is 342 g/mol. The van der Waals surface area contributed by atoms with Crippen LogP contribution in [0, 0.1) is 0 Å². The van der Waals surface area contributed by atoms with Crippen LogP contribution in [-0.2, 0) is 6.54 Å². The Morgan fingerprint density at radius 1 is 1.08 bits per heavy atom. The fourth-order valence-corrected chi connectivity index (χ4v) is 3.96. The van der Waals surface area contributed by atoms with Gasteiger partial charge in [0.1, 0.15) is 0 Å². The van der Waals surface area contributed by atoms with Crippen molar-refractivity contribution < 1.29 is 5.11 Å². The molecule has 0 spiro atoms. The lowest BCUT2D eigenvalue weighted by Gasteiger charge is -2.35. The molecular formula is C18H22N4OS. The number of β-amino-alcohol motifs (C(OH)–C–C–N with tert-alkyl or cyclic N) is 1. The van der Waals surface area contributed by atoms with Crippen molar-refractivity contribution in [3.63, 3.8) is 0 Å². The van der Waals surface area contributed by atoms with Gasteiger partial charge >= 0.3 is 0 Å². The number of hydrogen-bond donors (Lipinski definition) is 1. The number of aromatic nitrogens is 2. The van der Waals surface area contributed by atoms with Crippen LogP contribution < -0.4 is 0 Å². The second-order valence-electron chi connectivity index (χ2n) is 6.33. The molecule has 0 saturated carbocycles. The van der Waals surface area contributed by atoms with Crippen molar-refractivity contribution in [2.24, 2.45) is 0 Å². The van der Waals surface area contributed by atoms with Crippen molar-refractivity contribution in [2.45, 2.75) is 12.6 Å². The molecule has 1 aliphatic rings. The largest absolute Gasteiger partial charge is 0.387 e. The first-order chi connectivity index (χ1) is 11.8. The monoisotopic (exact) mass is 342 g/mol. The van der Waals surface area contributed by atoms with Crippen LogP contribution >= 0.6 is 11.3 Å². The third kappa shape index (κ3) is 3.52. The lowest BCUT2D eigenvalue weighted by atomic mass is 10.1. The Balaban J connectivity index is 1.28. The van der Waals surface area contributed by atoms with Gasteiger partial charge < -0.3 is 5.11 Å². The van der Waals surface area contributed by atoms with Crippen LogP contribution in [0.25, 0.3) is 4.96 Å². The standard InChI is InChI=1S/C18H22N4OS/c23-17(15-4-2-1-3-5-15)14-21-8-6-20(7-9-21)12-16-13-22-10-11-24-18(22)19-16/h1-5,10-11,13,17,23H,6-9,12,14H2. The lowest BCUT2D eigenvalue weighted by molar-refractivity contribution is 0.0697. The summed E-state index contributed by atoms with van der Waals surface area (Å²) in [6, 6.07) is 9.92. The third-order valence-corrected chi connectivity index (χ3v) is 5.38. The predicted molar refractivity (Wildman–Crippen MR) is 96.2 cm³/mol. The summed E-state index contributed by atoms with van der Waals surface area (Å²) in [5.74, 6) is 0. The number of aliphatic hydroxyl groups excluding tert-OH is 1. The molecule has 24 heavy (non-hydrogen) atoms. The Morgan fingerprint density at radius 2 is 1.83 bits per heavy atom. The Bertz CT molecular complexity index is 748. The highest BCUT2D eigenvalue weighted by Gasteiger charge is 2.20. The number of fused-ring (bicyclic) bond motifs is 1. The van der Waals surface area contributed by atoms with Crippen molar-refractivity contribution in [1.29, 1.82) is 0 Å². The second-order valence-corrected chi connectivity index (χ2v) is 7.20. The van der Waals surface area contributed by atoms with Gasteiger partial charge in [0.15, 0.2) is 4.96 Å². The zero-order chi connectivity index (χ0) is 16.4. The Kier molecular flexibility index (Phi) is 4.62. The van der Waals surface area contributed by atoms with E-state index in [1.165, 1.54) is 0 Å². The molecule has 6 heteroatoms. The first kappa shape index (κ1) is 15.8. The number of piperazine rings is 1. The summed E-state index contributed by atoms with van der Waals surface area (Å²) in [5.41, 5.74) is 2.14. The summed E-state index contributed by atoms with van der Waals surface area (Å²) in [7, 11) is 0. The van der Waals surface area contributed by atoms with Crippen LogP contribution in [0.3, 0.4) is 0 Å². The van der Waals surface area contributed by atoms with Gasteiger partial charge in [-0.3, -0.25) is 14.2 Å². The SMILES string of the molecule is OC(CN1CCN(Cc2cn3ccsc3n2)CC1)c1ccccc1. The van der Waals surface area contributed by atoms with E-state index in [1.54, 1.807) is 11.3 Å². The van der Waals surface area contributed by atoms with E-state index >= 15 is 0 Å². The molecule has 1 atom stereocenters. The third-order valence-electron chi connectivity index (χ3n) is 4.61. The van der Waals surface area contributed by atoms with Crippen LogP contribution in [0.5, 0.6) is 0 Å². The summed E-state index contributed by atoms with van der Waals surface area (Å²) < 4.78 is 2.09. The van der Waals surface area contributed by atoms with E-state index in [0.717, 1.165) is 48.9 Å². The van der Waals surface area contributed by atoms with E-state index in [4.69, 9.17) is 0 Å². The number of nitrogens with zero attached hydrogens (tertiary/aromatic N) is 4. The van der Waals surface area contributed by atoms with E-state index in [0.29, 0.717) is 6.54 Å². The highest BCUT2D eigenvalue weighted by molar-refractivity contribution is 7.15. The van der Waals surface area contributed by atoms with Crippen LogP contribution in [0.4, 0.5) is 0 Å². The maximum atomic E-state index is 10.4. The van der Waals surface area contributed by atoms with Crippen molar-refractivity contribution >= 4 is 16.3 Å². The fourth-order valence-electron chi connectivity index (χ4n) is 3.24. The summed E-state index contributed by atoms with van der Waals surface area (Å²) >= 11 is 1.67. The van der Waals surface area contributed by atoms with Gasteiger partial charge in [-0.15, -0.1) is 11.3 Å². The smallest absolute Gasteiger partial charge is 0.193 e. The van der Waals surface area contributed by atoms with E-state index in [-0.39, 0.29) is 0 Å². The van der Waals surface area contributed by atoms with Crippen molar-refractivity contribution in [1.82, 2.24) is 19.2 Å². The van der Waals surface area contributed by atoms with Gasteiger partial charge in [0.25, 0.3) is 0 Å². The first-order valence-corrected chi connectivity index (χ1v) is 9.25. The molecule has 1 aromatic carbocycles. The minimum absolute atomic E-state index is 0.405. The number of rotatable bonds is 5. The maximum absolute atomic E-state index is 10.4. The van der Waals surface area contributed by atoms with Gasteiger partial charge in [-0.1, -0.05) is 30.3 Å². The molecule has 0 bridgehead atoms. The quantitative estimate of drug-likeness (QED) is 0.772. The van der Waals surface area contributed by atoms with Crippen LogP contribution in [0.2, 0.25) is 0 Å². The van der Waals surface area contributed by atoms with Gasteiger partial charge in [-0.25, -0.2) is 4.98 Å². The minimum Gasteiger partial charge on any atom is -0.387 e. The fraction of sp³-hybridized carbons (Fsp3) is 0.389. The number of hydrogen-bond acceptors (Lipinski definition) is 5. The van der Waals surface area contributed by atoms with E-state index in [2.05, 4.69) is 37.0 Å². The summed E-state index contributed by atoms with van der Waals surface area (Å²) in [5, 5.41) is 12.4. The zero-order valence-electron chi connectivity index (χ0n) is 13.6. The van der Waals surface area contributed by atoms with Crippen LogP contribution in [-0.4, -0.2) is 57.0 Å². The second kappa shape index (κ2) is 7.03. The van der Waals surface area contributed by atoms with Crippen LogP contribution in [0.15, 0.2) is 48.1 Å². The molecule has 1 saturated heterocycles. The molecule has 1 aliphatic heterocycles. The molecule has 4 rings (SSSR count). The predicted octanol–water partition coefficient (Wildman–Crippen LogP) is 2.25. The van der Waals surface area contributed by atoms with Gasteiger partial charge in [-0.05, 0) is 5.56 Å². The molecule has 0 radical (unpaired) electrons. The maximum Gasteiger partial charge on any atom is 0.193 e. The van der Waals surface area contributed by atoms with E-state index < -0.39 is 6.10 Å². The average Bonchev–Trinajstić information content (AvgIpc) is 3.19. The highest BCUT2D eigenvalue weighted by Crippen LogP contribution is 2.17. The number of imidazole rings is 1. The Labute approximate surface area is 145 Å². The first-order valence-electron chi connectivity index (χ1n) is 8.37. The molecule has 3 heterocycles.